The van der Waals surface area contributed by atoms with E-state index < -0.39 is 10.0 Å². The Kier molecular flexibility index (Phi) is 3.57. The van der Waals surface area contributed by atoms with Crippen molar-refractivity contribution in [3.63, 3.8) is 0 Å². The lowest BCUT2D eigenvalue weighted by molar-refractivity contribution is 0.174. The molecule has 0 amide bonds. The number of ether oxygens (including phenoxy) is 2. The minimum absolute atomic E-state index is 0.298. The molecule has 1 unspecified atom stereocenters. The molecule has 0 bridgehead atoms. The van der Waals surface area contributed by atoms with E-state index in [2.05, 4.69) is 53.0 Å². The van der Waals surface area contributed by atoms with Gasteiger partial charge in [0.25, 0.3) is 0 Å². The number of fused-ring (bicyclic) bond motifs is 3. The average Bonchev–Trinajstić information content (AvgIpc) is 3.21. The number of aromatic nitrogens is 1. The van der Waals surface area contributed by atoms with Crippen LogP contribution < -0.4 is 9.47 Å². The standard InChI is InChI=1S/C20H23N3O2S/c1-22-7-8-26(2)13-23(12-17(26)11-22)6-5-16-4-3-15-9-19-20(25-14-24-19)10-18(15)21-16/h3-4,7-10,12H,5-6,11,13-14H2,1-2H3. The van der Waals surface area contributed by atoms with Gasteiger partial charge in [-0.2, -0.15) is 10.0 Å². The van der Waals surface area contributed by atoms with Crippen molar-refractivity contribution in [1.29, 1.82) is 0 Å². The Labute approximate surface area is 155 Å². The molecule has 0 spiro atoms. The summed E-state index contributed by atoms with van der Waals surface area (Å²) in [5, 5.41) is 3.51. The van der Waals surface area contributed by atoms with Crippen LogP contribution in [0.2, 0.25) is 0 Å². The molecular formula is C20H23N3O2S. The molecule has 6 heteroatoms. The van der Waals surface area contributed by atoms with Gasteiger partial charge < -0.3 is 19.3 Å². The zero-order valence-electron chi connectivity index (χ0n) is 15.1. The third-order valence-corrected chi connectivity index (χ3v) is 8.30. The van der Waals surface area contributed by atoms with Gasteiger partial charge in [-0.05, 0) is 23.8 Å². The molecule has 26 heavy (non-hydrogen) atoms. The predicted molar refractivity (Wildman–Crippen MR) is 107 cm³/mol. The van der Waals surface area contributed by atoms with Crippen LogP contribution in [0.1, 0.15) is 5.69 Å². The first kappa shape index (κ1) is 15.9. The minimum Gasteiger partial charge on any atom is -0.454 e. The maximum atomic E-state index is 5.48. The highest BCUT2D eigenvalue weighted by molar-refractivity contribution is 8.38. The fraction of sp³-hybridized carbons (Fsp3) is 0.350. The van der Waals surface area contributed by atoms with E-state index >= 15 is 0 Å². The number of benzene rings is 1. The van der Waals surface area contributed by atoms with Crippen LogP contribution in [0.25, 0.3) is 10.9 Å². The Hall–Kier alpha value is -2.34. The second-order valence-electron chi connectivity index (χ2n) is 7.35. The van der Waals surface area contributed by atoms with Crippen LogP contribution in [-0.4, -0.2) is 53.8 Å². The average molecular weight is 369 g/mol. The van der Waals surface area contributed by atoms with Crippen molar-refractivity contribution in [3.05, 3.63) is 52.7 Å². The van der Waals surface area contributed by atoms with E-state index in [0.717, 1.165) is 53.5 Å². The topological polar surface area (TPSA) is 37.8 Å². The molecule has 0 radical (unpaired) electrons. The first-order valence-corrected chi connectivity index (χ1v) is 11.1. The number of hydrogen-bond acceptors (Lipinski definition) is 5. The fourth-order valence-corrected chi connectivity index (χ4v) is 6.41. The van der Waals surface area contributed by atoms with E-state index in [-0.39, 0.29) is 0 Å². The Balaban J connectivity index is 1.32. The highest BCUT2D eigenvalue weighted by Gasteiger charge is 2.32. The van der Waals surface area contributed by atoms with Gasteiger partial charge in [-0.25, -0.2) is 0 Å². The second-order valence-corrected chi connectivity index (χ2v) is 10.7. The maximum Gasteiger partial charge on any atom is 0.231 e. The fourth-order valence-electron chi connectivity index (χ4n) is 3.73. The van der Waals surface area contributed by atoms with Crippen molar-refractivity contribution < 1.29 is 9.47 Å². The van der Waals surface area contributed by atoms with Crippen LogP contribution in [0, 0.1) is 0 Å². The third-order valence-electron chi connectivity index (χ3n) is 5.28. The van der Waals surface area contributed by atoms with Crippen LogP contribution in [-0.2, 0) is 6.42 Å². The largest absolute Gasteiger partial charge is 0.454 e. The lowest BCUT2D eigenvalue weighted by Crippen LogP contribution is -2.22. The SMILES string of the molecule is CN1C=CS2(C)CN(CCc3ccc4cc5c(cc4n3)OCO5)C=C2C1. The van der Waals surface area contributed by atoms with Gasteiger partial charge in [0.15, 0.2) is 11.5 Å². The molecule has 3 aliphatic rings. The number of nitrogens with zero attached hydrogens (tertiary/aromatic N) is 3. The number of rotatable bonds is 3. The summed E-state index contributed by atoms with van der Waals surface area (Å²) in [6.07, 6.45) is 7.99. The van der Waals surface area contributed by atoms with Crippen LogP contribution in [0.15, 0.2) is 47.0 Å². The van der Waals surface area contributed by atoms with Crippen molar-refractivity contribution in [3.8, 4) is 11.5 Å². The van der Waals surface area contributed by atoms with E-state index in [0.29, 0.717) is 6.79 Å². The van der Waals surface area contributed by atoms with Gasteiger partial charge in [0.2, 0.25) is 6.79 Å². The van der Waals surface area contributed by atoms with Gasteiger partial charge in [-0.1, -0.05) is 6.07 Å². The summed E-state index contributed by atoms with van der Waals surface area (Å²) in [5.41, 5.74) is 2.10. The van der Waals surface area contributed by atoms with Crippen LogP contribution in [0.4, 0.5) is 0 Å². The zero-order chi connectivity index (χ0) is 17.7. The second kappa shape index (κ2) is 5.84. The smallest absolute Gasteiger partial charge is 0.231 e. The van der Waals surface area contributed by atoms with Crippen LogP contribution >= 0.6 is 10.0 Å². The molecule has 4 heterocycles. The molecule has 0 N–H and O–H groups in total. The Morgan fingerprint density at radius 1 is 1.19 bits per heavy atom. The highest BCUT2D eigenvalue weighted by atomic mass is 32.3. The Morgan fingerprint density at radius 2 is 2.04 bits per heavy atom. The third kappa shape index (κ3) is 2.69. The van der Waals surface area contributed by atoms with Crippen molar-refractivity contribution in [2.24, 2.45) is 0 Å². The molecular weight excluding hydrogens is 346 g/mol. The van der Waals surface area contributed by atoms with E-state index in [1.165, 1.54) is 0 Å². The lowest BCUT2D eigenvalue weighted by atomic mass is 10.1. The van der Waals surface area contributed by atoms with Crippen molar-refractivity contribution in [1.82, 2.24) is 14.8 Å². The van der Waals surface area contributed by atoms with E-state index in [1.807, 2.05) is 12.1 Å². The van der Waals surface area contributed by atoms with Crippen molar-refractivity contribution in [2.45, 2.75) is 6.42 Å². The summed E-state index contributed by atoms with van der Waals surface area (Å²) in [7, 11) is 1.38. The molecule has 0 saturated carbocycles. The molecule has 5 rings (SSSR count). The van der Waals surface area contributed by atoms with Gasteiger partial charge in [0, 0.05) is 61.0 Å². The summed E-state index contributed by atoms with van der Waals surface area (Å²) in [4.78, 5) is 11.2. The zero-order valence-corrected chi connectivity index (χ0v) is 16.0. The van der Waals surface area contributed by atoms with Gasteiger partial charge in [-0.15, -0.1) is 0 Å². The maximum absolute atomic E-state index is 5.48. The molecule has 1 aromatic heterocycles. The van der Waals surface area contributed by atoms with E-state index in [4.69, 9.17) is 14.5 Å². The van der Waals surface area contributed by atoms with Gasteiger partial charge in [-0.3, -0.25) is 4.98 Å². The predicted octanol–water partition coefficient (Wildman–Crippen LogP) is 3.47. The van der Waals surface area contributed by atoms with Crippen molar-refractivity contribution >= 4 is 20.9 Å². The van der Waals surface area contributed by atoms with Crippen LogP contribution in [0.3, 0.4) is 0 Å². The van der Waals surface area contributed by atoms with E-state index in [9.17, 15) is 0 Å². The lowest BCUT2D eigenvalue weighted by Gasteiger charge is -2.37. The Morgan fingerprint density at radius 3 is 2.92 bits per heavy atom. The molecule has 0 saturated heterocycles. The van der Waals surface area contributed by atoms with Crippen molar-refractivity contribution in [2.75, 3.05) is 39.1 Å². The number of likely N-dealkylation sites (N-methyl/N-ethyl adjacent to an activating group) is 1. The molecule has 3 aliphatic heterocycles. The normalized spacial score (nSPS) is 26.0. The summed E-state index contributed by atoms with van der Waals surface area (Å²) in [5.74, 6) is 2.74. The number of hydrogen-bond donors (Lipinski definition) is 0. The van der Waals surface area contributed by atoms with Crippen LogP contribution in [0.5, 0.6) is 11.5 Å². The quantitative estimate of drug-likeness (QED) is 0.828. The molecule has 1 aromatic carbocycles. The van der Waals surface area contributed by atoms with Gasteiger partial charge in [0.1, 0.15) is 0 Å². The molecule has 5 nitrogen and oxygen atoms in total. The monoisotopic (exact) mass is 369 g/mol. The molecule has 136 valence electrons. The molecule has 1 atom stereocenters. The van der Waals surface area contributed by atoms with Gasteiger partial charge >= 0.3 is 0 Å². The minimum atomic E-state index is -0.760. The van der Waals surface area contributed by atoms with Gasteiger partial charge in [0.05, 0.1) is 11.4 Å². The summed E-state index contributed by atoms with van der Waals surface area (Å²) in [6.45, 7) is 2.36. The molecule has 0 aliphatic carbocycles. The first-order chi connectivity index (χ1) is 12.6. The molecule has 2 aromatic rings. The van der Waals surface area contributed by atoms with E-state index in [1.54, 1.807) is 4.91 Å². The summed E-state index contributed by atoms with van der Waals surface area (Å²) in [6, 6.07) is 8.26. The molecule has 0 fully saturated rings. The summed E-state index contributed by atoms with van der Waals surface area (Å²) >= 11 is 0. The summed E-state index contributed by atoms with van der Waals surface area (Å²) < 4.78 is 10.9. The highest BCUT2D eigenvalue weighted by Crippen LogP contribution is 2.59. The number of pyridine rings is 1. The first-order valence-electron chi connectivity index (χ1n) is 8.88. The Bertz CT molecular complexity index is 942.